The Kier molecular flexibility index (Phi) is 4.97. The summed E-state index contributed by atoms with van der Waals surface area (Å²) in [6.45, 7) is 3.47. The number of aromatic nitrogens is 4. The largest absolute Gasteiger partial charge is 0.433 e. The number of nitrogens with zero attached hydrogens (tertiary/aromatic N) is 4. The van der Waals surface area contributed by atoms with Crippen molar-refractivity contribution in [3.8, 4) is 0 Å². The summed E-state index contributed by atoms with van der Waals surface area (Å²) < 4.78 is 54.7. The fourth-order valence-corrected chi connectivity index (χ4v) is 2.84. The van der Waals surface area contributed by atoms with Crippen molar-refractivity contribution >= 4 is 11.6 Å². The second kappa shape index (κ2) is 7.10. The zero-order chi connectivity index (χ0) is 20.6. The molecule has 0 bridgehead atoms. The Labute approximate surface area is 157 Å². The molecule has 0 saturated carbocycles. The summed E-state index contributed by atoms with van der Waals surface area (Å²) in [5.41, 5.74) is 0.373. The molecule has 10 heteroatoms. The number of alkyl halides is 3. The fraction of sp³-hybridized carbons (Fsp3) is 0.278. The highest BCUT2D eigenvalue weighted by Gasteiger charge is 2.35. The second-order valence-corrected chi connectivity index (χ2v) is 6.29. The lowest BCUT2D eigenvalue weighted by Gasteiger charge is -2.07. The number of halogens is 4. The normalized spacial score (nSPS) is 11.7. The highest BCUT2D eigenvalue weighted by molar-refractivity contribution is 6.03. The maximum Gasteiger partial charge on any atom is 0.433 e. The fourth-order valence-electron chi connectivity index (χ4n) is 2.84. The Balaban J connectivity index is 1.84. The smallest absolute Gasteiger partial charge is 0.317 e. The van der Waals surface area contributed by atoms with Crippen LogP contribution in [0.4, 0.5) is 23.2 Å². The number of nitrogens with one attached hydrogen (secondary N) is 1. The minimum Gasteiger partial charge on any atom is -0.317 e. The molecule has 3 rings (SSSR count). The minimum atomic E-state index is -4.61. The molecule has 2 heterocycles. The molecule has 0 aliphatic carbocycles. The number of aryl methyl sites for hydroxylation is 2. The third-order valence-electron chi connectivity index (χ3n) is 4.30. The van der Waals surface area contributed by atoms with Gasteiger partial charge in [-0.25, -0.2) is 4.39 Å². The predicted octanol–water partition coefficient (Wildman–Crippen LogP) is 3.69. The number of amides is 1. The van der Waals surface area contributed by atoms with Crippen LogP contribution in [0.2, 0.25) is 0 Å². The van der Waals surface area contributed by atoms with Gasteiger partial charge in [0.1, 0.15) is 11.5 Å². The monoisotopic (exact) mass is 395 g/mol. The molecule has 0 radical (unpaired) electrons. The Morgan fingerprint density at radius 1 is 1.18 bits per heavy atom. The molecule has 0 aliphatic rings. The summed E-state index contributed by atoms with van der Waals surface area (Å²) >= 11 is 0. The maximum absolute atomic E-state index is 13.9. The van der Waals surface area contributed by atoms with Crippen molar-refractivity contribution in [2.24, 2.45) is 7.05 Å². The zero-order valence-corrected chi connectivity index (χ0v) is 15.3. The van der Waals surface area contributed by atoms with E-state index in [9.17, 15) is 22.4 Å². The Morgan fingerprint density at radius 3 is 2.46 bits per heavy atom. The average molecular weight is 395 g/mol. The molecule has 1 N–H and O–H groups in total. The summed E-state index contributed by atoms with van der Waals surface area (Å²) in [6, 6.07) is 6.92. The lowest BCUT2D eigenvalue weighted by Crippen LogP contribution is -2.14. The van der Waals surface area contributed by atoms with E-state index < -0.39 is 17.8 Å². The van der Waals surface area contributed by atoms with E-state index in [1.165, 1.54) is 10.7 Å². The summed E-state index contributed by atoms with van der Waals surface area (Å²) in [6.07, 6.45) is -4.61. The van der Waals surface area contributed by atoms with Gasteiger partial charge in [0.25, 0.3) is 5.91 Å². The number of carbonyl (C=O) groups is 1. The van der Waals surface area contributed by atoms with Crippen molar-refractivity contribution in [2.45, 2.75) is 26.6 Å². The van der Waals surface area contributed by atoms with Crippen LogP contribution in [-0.4, -0.2) is 25.5 Å². The van der Waals surface area contributed by atoms with E-state index in [0.717, 1.165) is 7.05 Å². The Hall–Kier alpha value is -3.17. The van der Waals surface area contributed by atoms with Gasteiger partial charge in [-0.15, -0.1) is 0 Å². The topological polar surface area (TPSA) is 64.7 Å². The van der Waals surface area contributed by atoms with Crippen LogP contribution in [-0.2, 0) is 19.8 Å². The molecule has 0 fully saturated rings. The zero-order valence-electron chi connectivity index (χ0n) is 15.3. The van der Waals surface area contributed by atoms with E-state index in [-0.39, 0.29) is 18.1 Å². The Morgan fingerprint density at radius 2 is 1.86 bits per heavy atom. The quantitative estimate of drug-likeness (QED) is 0.686. The number of benzene rings is 1. The van der Waals surface area contributed by atoms with Gasteiger partial charge in [0.05, 0.1) is 23.6 Å². The van der Waals surface area contributed by atoms with Crippen molar-refractivity contribution < 1.29 is 22.4 Å². The van der Waals surface area contributed by atoms with Gasteiger partial charge in [0.15, 0.2) is 5.69 Å². The van der Waals surface area contributed by atoms with Crippen molar-refractivity contribution in [1.82, 2.24) is 19.6 Å². The molecule has 148 valence electrons. The van der Waals surface area contributed by atoms with Crippen LogP contribution in [0.5, 0.6) is 0 Å². The molecule has 1 amide bonds. The molecule has 0 spiro atoms. The number of rotatable bonds is 4. The minimum absolute atomic E-state index is 0.150. The molecule has 0 atom stereocenters. The molecule has 0 aliphatic heterocycles. The van der Waals surface area contributed by atoms with Crippen LogP contribution >= 0.6 is 0 Å². The highest BCUT2D eigenvalue weighted by atomic mass is 19.4. The molecule has 2 aromatic heterocycles. The van der Waals surface area contributed by atoms with Gasteiger partial charge in [-0.2, -0.15) is 23.4 Å². The number of carbonyl (C=O) groups excluding carboxylic acids is 1. The van der Waals surface area contributed by atoms with Crippen LogP contribution in [0.3, 0.4) is 0 Å². The van der Waals surface area contributed by atoms with Crippen LogP contribution in [0.15, 0.2) is 30.3 Å². The molecule has 28 heavy (non-hydrogen) atoms. The van der Waals surface area contributed by atoms with Crippen molar-refractivity contribution in [1.29, 1.82) is 0 Å². The van der Waals surface area contributed by atoms with E-state index in [1.54, 1.807) is 32.0 Å². The summed E-state index contributed by atoms with van der Waals surface area (Å²) in [7, 11) is 1.11. The van der Waals surface area contributed by atoms with Crippen LogP contribution in [0.25, 0.3) is 0 Å². The van der Waals surface area contributed by atoms with Crippen LogP contribution in [0, 0.1) is 19.7 Å². The predicted molar refractivity (Wildman–Crippen MR) is 93.4 cm³/mol. The van der Waals surface area contributed by atoms with Crippen molar-refractivity contribution in [2.75, 3.05) is 5.32 Å². The first kappa shape index (κ1) is 19.6. The first-order valence-corrected chi connectivity index (χ1v) is 8.28. The van der Waals surface area contributed by atoms with Crippen LogP contribution in [0.1, 0.15) is 33.1 Å². The summed E-state index contributed by atoms with van der Waals surface area (Å²) in [5.74, 6) is -1.17. The van der Waals surface area contributed by atoms with Gasteiger partial charge < -0.3 is 5.32 Å². The molecule has 6 nitrogen and oxygen atoms in total. The number of hydrogen-bond acceptors (Lipinski definition) is 3. The Bertz CT molecular complexity index is 1040. The van der Waals surface area contributed by atoms with Gasteiger partial charge in [-0.1, -0.05) is 18.2 Å². The third-order valence-corrected chi connectivity index (χ3v) is 4.30. The van der Waals surface area contributed by atoms with Gasteiger partial charge in [-0.3, -0.25) is 14.2 Å². The van der Waals surface area contributed by atoms with Gasteiger partial charge in [0.2, 0.25) is 0 Å². The summed E-state index contributed by atoms with van der Waals surface area (Å²) in [4.78, 5) is 12.4. The molecular formula is C18H17F4N5O. The number of hydrogen-bond donors (Lipinski definition) is 1. The van der Waals surface area contributed by atoms with Gasteiger partial charge in [-0.05, 0) is 19.9 Å². The van der Waals surface area contributed by atoms with Crippen molar-refractivity contribution in [3.63, 3.8) is 0 Å². The molecule has 3 aromatic rings. The third kappa shape index (κ3) is 3.75. The van der Waals surface area contributed by atoms with E-state index in [0.29, 0.717) is 33.4 Å². The lowest BCUT2D eigenvalue weighted by molar-refractivity contribution is -0.143. The maximum atomic E-state index is 13.9. The first-order chi connectivity index (χ1) is 13.1. The average Bonchev–Trinajstić information content (AvgIpc) is 3.12. The second-order valence-electron chi connectivity index (χ2n) is 6.29. The molecular weight excluding hydrogens is 378 g/mol. The highest BCUT2D eigenvalue weighted by Crippen LogP contribution is 2.29. The SMILES string of the molecule is Cc1nn(Cc2ccccc2F)c(C)c1NC(=O)c1cc(C(F)(F)F)n(C)n1. The van der Waals surface area contributed by atoms with Crippen molar-refractivity contribution in [3.05, 3.63) is 64.5 Å². The van der Waals surface area contributed by atoms with E-state index in [1.807, 2.05) is 0 Å². The lowest BCUT2D eigenvalue weighted by atomic mass is 10.2. The van der Waals surface area contributed by atoms with Gasteiger partial charge in [0, 0.05) is 18.7 Å². The van der Waals surface area contributed by atoms with E-state index in [2.05, 4.69) is 15.5 Å². The van der Waals surface area contributed by atoms with Gasteiger partial charge >= 0.3 is 6.18 Å². The molecule has 0 saturated heterocycles. The van der Waals surface area contributed by atoms with E-state index >= 15 is 0 Å². The van der Waals surface area contributed by atoms with Crippen LogP contribution < -0.4 is 5.32 Å². The number of anilines is 1. The standard InChI is InChI=1S/C18H17F4N5O/c1-10-16(11(2)27(24-10)9-12-6-4-5-7-13(12)19)23-17(28)14-8-15(18(20,21)22)26(3)25-14/h4-8H,9H2,1-3H3,(H,23,28). The summed E-state index contributed by atoms with van der Waals surface area (Å²) in [5, 5.41) is 10.5. The van der Waals surface area contributed by atoms with E-state index in [4.69, 9.17) is 0 Å². The first-order valence-electron chi connectivity index (χ1n) is 8.28. The molecule has 1 aromatic carbocycles. The molecule has 0 unspecified atom stereocenters.